The van der Waals surface area contributed by atoms with Gasteiger partial charge in [-0.1, -0.05) is 0 Å². The fourth-order valence-corrected chi connectivity index (χ4v) is 4.36. The molecule has 4 rings (SSSR count). The van der Waals surface area contributed by atoms with E-state index in [1.165, 1.54) is 37.4 Å². The van der Waals surface area contributed by atoms with Crippen LogP contribution in [-0.4, -0.2) is 60.8 Å². The molecular formula is C27H26ClF4N3O6. The van der Waals surface area contributed by atoms with E-state index in [9.17, 15) is 27.5 Å². The number of benzene rings is 2. The molecule has 1 aliphatic rings. The van der Waals surface area contributed by atoms with Crippen LogP contribution in [0.15, 0.2) is 48.5 Å². The molecular weight excluding hydrogens is 574 g/mol. The Morgan fingerprint density at radius 3 is 2.49 bits per heavy atom. The predicted molar refractivity (Wildman–Crippen MR) is 139 cm³/mol. The van der Waals surface area contributed by atoms with Gasteiger partial charge in [0.25, 0.3) is 5.91 Å². The number of carbonyl (C=O) groups excluding carboxylic acids is 1. The van der Waals surface area contributed by atoms with Crippen LogP contribution in [0.5, 0.6) is 17.2 Å². The quantitative estimate of drug-likeness (QED) is 0.205. The van der Waals surface area contributed by atoms with E-state index >= 15 is 0 Å². The van der Waals surface area contributed by atoms with Crippen molar-refractivity contribution >= 4 is 17.7 Å². The summed E-state index contributed by atoms with van der Waals surface area (Å²) in [6, 6.07) is 9.73. The average molecular weight is 600 g/mol. The maximum absolute atomic E-state index is 14.5. The van der Waals surface area contributed by atoms with Crippen LogP contribution in [0.25, 0.3) is 11.3 Å². The van der Waals surface area contributed by atoms with E-state index in [0.29, 0.717) is 0 Å². The Hall–Kier alpha value is -3.65. The van der Waals surface area contributed by atoms with E-state index in [1.54, 1.807) is 6.92 Å². The molecule has 0 radical (unpaired) electrons. The summed E-state index contributed by atoms with van der Waals surface area (Å²) in [5, 5.41) is 22.2. The summed E-state index contributed by atoms with van der Waals surface area (Å²) in [6.07, 6.45) is -5.30. The zero-order valence-electron chi connectivity index (χ0n) is 21.8. The highest BCUT2D eigenvalue weighted by atomic mass is 35.5. The lowest BCUT2D eigenvalue weighted by molar-refractivity contribution is -0.265. The lowest BCUT2D eigenvalue weighted by Crippen LogP contribution is -2.51. The molecule has 2 aromatic carbocycles. The minimum absolute atomic E-state index is 0.0441. The number of rotatable bonds is 10. The van der Waals surface area contributed by atoms with Crippen molar-refractivity contribution in [3.8, 4) is 28.5 Å². The average Bonchev–Trinajstić information content (AvgIpc) is 3.30. The predicted octanol–water partition coefficient (Wildman–Crippen LogP) is 3.80. The summed E-state index contributed by atoms with van der Waals surface area (Å²) in [6.45, 7) is -0.0995. The lowest BCUT2D eigenvalue weighted by atomic mass is 9.89. The van der Waals surface area contributed by atoms with E-state index < -0.39 is 41.3 Å². The number of carbonyl (C=O) groups is 1. The standard InChI is InChI=1S/C27H26ClF4N3O6/c1-25(35-28)14-41-23-18(25)12-21(34-22(23)15-3-6-17(29)7-4-15)26(38,27(30,31)32)13-33-24(37)16-5-8-19(40-10-9-36)20(11-16)39-2/h3-8,11-12,35-36,38H,9-10,13-14H2,1-2H3,(H,33,37)/t25-,26+/m1/s1. The molecule has 2 atom stereocenters. The number of hydrogen-bond acceptors (Lipinski definition) is 8. The summed E-state index contributed by atoms with van der Waals surface area (Å²) in [7, 11) is 1.30. The number of aromatic nitrogens is 1. The number of halogens is 5. The first kappa shape index (κ1) is 30.3. The molecule has 0 saturated carbocycles. The molecule has 0 bridgehead atoms. The highest BCUT2D eigenvalue weighted by molar-refractivity contribution is 6.14. The third-order valence-electron chi connectivity index (χ3n) is 6.57. The topological polar surface area (TPSA) is 122 Å². The largest absolute Gasteiger partial charge is 0.493 e. The van der Waals surface area contributed by atoms with Gasteiger partial charge in [0.1, 0.15) is 24.7 Å². The van der Waals surface area contributed by atoms with Crippen molar-refractivity contribution < 1.29 is 46.8 Å². The van der Waals surface area contributed by atoms with Crippen LogP contribution in [0.3, 0.4) is 0 Å². The molecule has 0 aliphatic carbocycles. The molecule has 1 aliphatic heterocycles. The number of nitrogens with zero attached hydrogens (tertiary/aromatic N) is 1. The van der Waals surface area contributed by atoms with Gasteiger partial charge < -0.3 is 29.7 Å². The molecule has 0 saturated heterocycles. The molecule has 9 nitrogen and oxygen atoms in total. The van der Waals surface area contributed by atoms with Crippen LogP contribution in [0, 0.1) is 5.82 Å². The Bertz CT molecular complexity index is 1430. The second kappa shape index (κ2) is 11.7. The molecule has 2 heterocycles. The van der Waals surface area contributed by atoms with Gasteiger partial charge in [0.05, 0.1) is 31.5 Å². The normalized spacial score (nSPS) is 17.8. The molecule has 220 valence electrons. The zero-order valence-corrected chi connectivity index (χ0v) is 22.6. The smallest absolute Gasteiger partial charge is 0.424 e. The number of pyridine rings is 1. The Morgan fingerprint density at radius 2 is 1.88 bits per heavy atom. The van der Waals surface area contributed by atoms with E-state index in [4.69, 9.17) is 31.1 Å². The van der Waals surface area contributed by atoms with Crippen molar-refractivity contribution in [3.05, 3.63) is 71.2 Å². The van der Waals surface area contributed by atoms with Crippen LogP contribution < -0.4 is 24.4 Å². The summed E-state index contributed by atoms with van der Waals surface area (Å²) in [5.41, 5.74) is -5.40. The highest BCUT2D eigenvalue weighted by Crippen LogP contribution is 2.47. The SMILES string of the molecule is COc1cc(C(=O)NC[C@](O)(c2cc3c(c(-c4ccc(F)cc4)n2)OC[C@@]3(C)NCl)C(F)(F)F)ccc1OCCO. The number of aliphatic hydroxyl groups excluding tert-OH is 1. The zero-order chi connectivity index (χ0) is 30.0. The van der Waals surface area contributed by atoms with Gasteiger partial charge in [-0.25, -0.2) is 14.2 Å². The second-order valence-electron chi connectivity index (χ2n) is 9.43. The van der Waals surface area contributed by atoms with Crippen LogP contribution in [-0.2, 0) is 11.1 Å². The van der Waals surface area contributed by atoms with Crippen molar-refractivity contribution in [1.29, 1.82) is 0 Å². The van der Waals surface area contributed by atoms with Gasteiger partial charge in [0.15, 0.2) is 17.2 Å². The molecule has 0 unspecified atom stereocenters. The van der Waals surface area contributed by atoms with E-state index in [0.717, 1.165) is 18.2 Å². The fraction of sp³-hybridized carbons (Fsp3) is 0.333. The van der Waals surface area contributed by atoms with Gasteiger partial charge in [-0.2, -0.15) is 13.2 Å². The van der Waals surface area contributed by atoms with Gasteiger partial charge in [0.2, 0.25) is 5.60 Å². The van der Waals surface area contributed by atoms with Crippen LogP contribution in [0.4, 0.5) is 17.6 Å². The molecule has 4 N–H and O–H groups in total. The number of amides is 1. The van der Waals surface area contributed by atoms with Crippen LogP contribution in [0.1, 0.15) is 28.5 Å². The lowest BCUT2D eigenvalue weighted by Gasteiger charge is -2.31. The molecule has 0 fully saturated rings. The van der Waals surface area contributed by atoms with Gasteiger partial charge >= 0.3 is 6.18 Å². The molecule has 3 aromatic rings. The highest BCUT2D eigenvalue weighted by Gasteiger charge is 2.57. The molecule has 1 aromatic heterocycles. The van der Waals surface area contributed by atoms with Crippen molar-refractivity contribution in [2.45, 2.75) is 24.2 Å². The second-order valence-corrected chi connectivity index (χ2v) is 9.62. The van der Waals surface area contributed by atoms with Crippen molar-refractivity contribution in [2.75, 3.05) is 33.5 Å². The third kappa shape index (κ3) is 5.89. The number of aliphatic hydroxyl groups is 2. The summed E-state index contributed by atoms with van der Waals surface area (Å²) >= 11 is 5.91. The summed E-state index contributed by atoms with van der Waals surface area (Å²) in [4.78, 5) is 19.5. The number of fused-ring (bicyclic) bond motifs is 1. The maximum Gasteiger partial charge on any atom is 0.424 e. The van der Waals surface area contributed by atoms with Crippen molar-refractivity contribution in [2.24, 2.45) is 0 Å². The van der Waals surface area contributed by atoms with Gasteiger partial charge in [-0.3, -0.25) is 4.79 Å². The molecule has 0 spiro atoms. The fourth-order valence-electron chi connectivity index (χ4n) is 4.21. The number of alkyl halides is 3. The number of methoxy groups -OCH3 is 1. The Labute approximate surface area is 237 Å². The third-order valence-corrected chi connectivity index (χ3v) is 6.99. The van der Waals surface area contributed by atoms with Crippen molar-refractivity contribution in [3.63, 3.8) is 0 Å². The van der Waals surface area contributed by atoms with Crippen LogP contribution >= 0.6 is 11.8 Å². The van der Waals surface area contributed by atoms with E-state index in [2.05, 4.69) is 15.1 Å². The first-order chi connectivity index (χ1) is 19.4. The Morgan fingerprint density at radius 1 is 1.17 bits per heavy atom. The molecule has 41 heavy (non-hydrogen) atoms. The summed E-state index contributed by atoms with van der Waals surface area (Å²) in [5.74, 6) is -1.10. The minimum atomic E-state index is -5.30. The van der Waals surface area contributed by atoms with Gasteiger partial charge in [-0.05, 0) is 67.2 Å². The molecule has 1 amide bonds. The monoisotopic (exact) mass is 599 g/mol. The summed E-state index contributed by atoms with van der Waals surface area (Å²) < 4.78 is 73.3. The van der Waals surface area contributed by atoms with Crippen molar-refractivity contribution in [1.82, 2.24) is 15.1 Å². The minimum Gasteiger partial charge on any atom is -0.493 e. The van der Waals surface area contributed by atoms with E-state index in [-0.39, 0.29) is 59.5 Å². The van der Waals surface area contributed by atoms with Crippen LogP contribution in [0.2, 0.25) is 0 Å². The van der Waals surface area contributed by atoms with Gasteiger partial charge in [-0.15, -0.1) is 0 Å². The first-order valence-corrected chi connectivity index (χ1v) is 12.6. The number of nitrogens with one attached hydrogen (secondary N) is 2. The van der Waals surface area contributed by atoms with Gasteiger partial charge in [0, 0.05) is 16.7 Å². The number of hydrogen-bond donors (Lipinski definition) is 4. The maximum atomic E-state index is 14.5. The first-order valence-electron chi connectivity index (χ1n) is 12.2. The number of ether oxygens (including phenoxy) is 3. The molecule has 14 heteroatoms. The Balaban J connectivity index is 1.73. The Kier molecular flexibility index (Phi) is 8.64. The van der Waals surface area contributed by atoms with E-state index in [1.807, 2.05) is 0 Å².